The minimum atomic E-state index is -3.70. The molecule has 0 spiro atoms. The molecule has 1 aromatic rings. The van der Waals surface area contributed by atoms with E-state index in [1.54, 1.807) is 6.92 Å². The van der Waals surface area contributed by atoms with Crippen molar-refractivity contribution in [1.82, 2.24) is 4.31 Å². The largest absolute Gasteiger partial charge is 0.289 e. The molecule has 16 heavy (non-hydrogen) atoms. The molecule has 1 aliphatic rings. The van der Waals surface area contributed by atoms with Gasteiger partial charge in [0.25, 0.3) is 5.69 Å². The number of nitro benzene ring substituents is 1. The van der Waals surface area contributed by atoms with Crippen molar-refractivity contribution in [3.05, 3.63) is 34.4 Å². The van der Waals surface area contributed by atoms with Crippen LogP contribution in [0.15, 0.2) is 29.2 Å². The molecule has 2 unspecified atom stereocenters. The number of nitrogens with zero attached hydrogens (tertiary/aromatic N) is 2. The highest BCUT2D eigenvalue weighted by Crippen LogP contribution is 2.32. The van der Waals surface area contributed by atoms with Crippen LogP contribution in [0, 0.1) is 10.1 Å². The summed E-state index contributed by atoms with van der Waals surface area (Å²) < 4.78 is 25.1. The quantitative estimate of drug-likeness (QED) is 0.449. The Morgan fingerprint density at radius 2 is 2.00 bits per heavy atom. The van der Waals surface area contributed by atoms with E-state index in [-0.39, 0.29) is 16.6 Å². The number of hydrogen-bond donors (Lipinski definition) is 0. The molecule has 2 rings (SSSR count). The Balaban J connectivity index is 2.52. The summed E-state index contributed by atoms with van der Waals surface area (Å²) in [7, 11) is -3.70. The SMILES string of the molecule is CC1CN1S(=O)(=O)c1ccccc1[N+](=O)[O-]. The third-order valence-corrected chi connectivity index (χ3v) is 4.48. The summed E-state index contributed by atoms with van der Waals surface area (Å²) in [6.45, 7) is 2.18. The van der Waals surface area contributed by atoms with E-state index < -0.39 is 14.9 Å². The van der Waals surface area contributed by atoms with Gasteiger partial charge in [-0.3, -0.25) is 10.1 Å². The number of rotatable bonds is 3. The van der Waals surface area contributed by atoms with Crippen LogP contribution >= 0.6 is 0 Å². The minimum Gasteiger partial charge on any atom is -0.258 e. The van der Waals surface area contributed by atoms with Gasteiger partial charge in [0.1, 0.15) is 0 Å². The maximum atomic E-state index is 12.0. The molecule has 0 amide bonds. The Kier molecular flexibility index (Phi) is 2.43. The molecule has 0 aliphatic carbocycles. The van der Waals surface area contributed by atoms with E-state index in [1.165, 1.54) is 28.6 Å². The number of hydrogen-bond acceptors (Lipinski definition) is 4. The number of nitro groups is 1. The predicted molar refractivity (Wildman–Crippen MR) is 56.5 cm³/mol. The predicted octanol–water partition coefficient (Wildman–Crippen LogP) is 0.988. The van der Waals surface area contributed by atoms with Gasteiger partial charge in [0.2, 0.25) is 10.0 Å². The van der Waals surface area contributed by atoms with Crippen LogP contribution in [0.3, 0.4) is 0 Å². The highest BCUT2D eigenvalue weighted by Gasteiger charge is 2.43. The second kappa shape index (κ2) is 3.53. The third kappa shape index (κ3) is 1.68. The minimum absolute atomic E-state index is 0.0650. The van der Waals surface area contributed by atoms with Crippen LogP contribution in [0.1, 0.15) is 6.92 Å². The highest BCUT2D eigenvalue weighted by atomic mass is 32.2. The first-order chi connectivity index (χ1) is 7.44. The van der Waals surface area contributed by atoms with Crippen molar-refractivity contribution < 1.29 is 13.3 Å². The molecular formula is C9H10N2O4S. The summed E-state index contributed by atoms with van der Waals surface area (Å²) in [4.78, 5) is 9.80. The molecular weight excluding hydrogens is 232 g/mol. The average Bonchev–Trinajstić information content (AvgIpc) is 2.96. The van der Waals surface area contributed by atoms with Gasteiger partial charge < -0.3 is 0 Å². The fourth-order valence-corrected chi connectivity index (χ4v) is 3.30. The van der Waals surface area contributed by atoms with Crippen LogP contribution < -0.4 is 0 Å². The van der Waals surface area contributed by atoms with Gasteiger partial charge >= 0.3 is 0 Å². The number of para-hydroxylation sites is 1. The normalized spacial score (nSPS) is 24.1. The maximum absolute atomic E-state index is 12.0. The van der Waals surface area contributed by atoms with Crippen molar-refractivity contribution in [2.45, 2.75) is 17.9 Å². The highest BCUT2D eigenvalue weighted by molar-refractivity contribution is 7.89. The van der Waals surface area contributed by atoms with Crippen LogP contribution in [0.5, 0.6) is 0 Å². The third-order valence-electron chi connectivity index (χ3n) is 2.45. The molecule has 1 aromatic carbocycles. The van der Waals surface area contributed by atoms with E-state index >= 15 is 0 Å². The standard InChI is InChI=1S/C9H10N2O4S/c1-7-6-10(7)16(14,15)9-5-3-2-4-8(9)11(12)13/h2-5,7H,6H2,1H3. The van der Waals surface area contributed by atoms with Crippen LogP contribution in [0.25, 0.3) is 0 Å². The second-order valence-corrected chi connectivity index (χ2v) is 5.51. The summed E-state index contributed by atoms with van der Waals surface area (Å²) in [5, 5.41) is 10.7. The van der Waals surface area contributed by atoms with Crippen molar-refractivity contribution in [2.75, 3.05) is 6.54 Å². The van der Waals surface area contributed by atoms with Gasteiger partial charge in [0, 0.05) is 18.7 Å². The lowest BCUT2D eigenvalue weighted by Gasteiger charge is -2.05. The van der Waals surface area contributed by atoms with E-state index in [4.69, 9.17) is 0 Å². The average molecular weight is 242 g/mol. The molecule has 1 fully saturated rings. The fraction of sp³-hybridized carbons (Fsp3) is 0.333. The Morgan fingerprint density at radius 3 is 2.50 bits per heavy atom. The van der Waals surface area contributed by atoms with Gasteiger partial charge in [-0.2, -0.15) is 4.31 Å². The summed E-state index contributed by atoms with van der Waals surface area (Å²) in [6.07, 6.45) is 0. The van der Waals surface area contributed by atoms with Crippen molar-refractivity contribution in [2.24, 2.45) is 0 Å². The summed E-state index contributed by atoms with van der Waals surface area (Å²) in [5.41, 5.74) is -0.374. The van der Waals surface area contributed by atoms with E-state index in [2.05, 4.69) is 0 Å². The molecule has 0 N–H and O–H groups in total. The van der Waals surface area contributed by atoms with E-state index in [9.17, 15) is 18.5 Å². The molecule has 1 heterocycles. The topological polar surface area (TPSA) is 80.3 Å². The van der Waals surface area contributed by atoms with Gasteiger partial charge in [-0.05, 0) is 13.0 Å². The van der Waals surface area contributed by atoms with Gasteiger partial charge in [-0.15, -0.1) is 0 Å². The van der Waals surface area contributed by atoms with Crippen molar-refractivity contribution in [3.63, 3.8) is 0 Å². The van der Waals surface area contributed by atoms with Gasteiger partial charge in [0.05, 0.1) is 4.92 Å². The Morgan fingerprint density at radius 1 is 1.44 bits per heavy atom. The molecule has 0 bridgehead atoms. The van der Waals surface area contributed by atoms with Crippen molar-refractivity contribution in [1.29, 1.82) is 0 Å². The maximum Gasteiger partial charge on any atom is 0.289 e. The van der Waals surface area contributed by atoms with Crippen LogP contribution in [0.2, 0.25) is 0 Å². The lowest BCUT2D eigenvalue weighted by atomic mass is 10.3. The Labute approximate surface area is 92.7 Å². The zero-order valence-electron chi connectivity index (χ0n) is 8.53. The van der Waals surface area contributed by atoms with E-state index in [0.29, 0.717) is 6.54 Å². The molecule has 0 radical (unpaired) electrons. The zero-order valence-corrected chi connectivity index (χ0v) is 9.35. The summed E-state index contributed by atoms with van der Waals surface area (Å²) in [6, 6.07) is 5.32. The number of benzene rings is 1. The lowest BCUT2D eigenvalue weighted by Crippen LogP contribution is -2.15. The summed E-state index contributed by atoms with van der Waals surface area (Å²) >= 11 is 0. The Hall–Kier alpha value is -1.47. The van der Waals surface area contributed by atoms with Gasteiger partial charge in [-0.25, -0.2) is 8.42 Å². The van der Waals surface area contributed by atoms with Crippen molar-refractivity contribution >= 4 is 15.7 Å². The fourth-order valence-electron chi connectivity index (χ4n) is 1.50. The first kappa shape index (κ1) is 11.0. The zero-order chi connectivity index (χ0) is 11.9. The van der Waals surface area contributed by atoms with Crippen LogP contribution in [-0.2, 0) is 10.0 Å². The molecule has 0 aromatic heterocycles. The van der Waals surface area contributed by atoms with Crippen molar-refractivity contribution in [3.8, 4) is 0 Å². The Bertz CT molecular complexity index is 540. The molecule has 1 aliphatic heterocycles. The molecule has 0 saturated carbocycles. The van der Waals surface area contributed by atoms with E-state index in [1.807, 2.05) is 0 Å². The molecule has 7 heteroatoms. The van der Waals surface area contributed by atoms with Gasteiger partial charge in [-0.1, -0.05) is 12.1 Å². The molecule has 6 nitrogen and oxygen atoms in total. The first-order valence-electron chi connectivity index (χ1n) is 4.70. The number of sulfonamides is 1. The summed E-state index contributed by atoms with van der Waals surface area (Å²) in [5.74, 6) is 0. The van der Waals surface area contributed by atoms with Crippen LogP contribution in [0.4, 0.5) is 5.69 Å². The molecule has 86 valence electrons. The van der Waals surface area contributed by atoms with Crippen LogP contribution in [-0.4, -0.2) is 30.2 Å². The smallest absolute Gasteiger partial charge is 0.258 e. The molecule has 1 saturated heterocycles. The first-order valence-corrected chi connectivity index (χ1v) is 6.14. The lowest BCUT2D eigenvalue weighted by molar-refractivity contribution is -0.387. The van der Waals surface area contributed by atoms with Gasteiger partial charge in [0.15, 0.2) is 4.90 Å². The molecule has 2 atom stereocenters. The second-order valence-electron chi connectivity index (χ2n) is 3.65. The van der Waals surface area contributed by atoms with E-state index in [0.717, 1.165) is 0 Å². The monoisotopic (exact) mass is 242 g/mol.